The Morgan fingerprint density at radius 3 is 1.69 bits per heavy atom. The van der Waals surface area contributed by atoms with Gasteiger partial charge in [0.05, 0.1) is 13.2 Å². The molecule has 0 aromatic heterocycles. The van der Waals surface area contributed by atoms with E-state index in [-0.39, 0.29) is 8.37 Å². The maximum absolute atomic E-state index is 5.54. The van der Waals surface area contributed by atoms with Gasteiger partial charge in [-0.05, 0) is 0 Å². The molecule has 0 aliphatic carbocycles. The van der Waals surface area contributed by atoms with Gasteiger partial charge < -0.3 is 4.74 Å². The Morgan fingerprint density at radius 2 is 1.15 bits per heavy atom. The second-order valence-electron chi connectivity index (χ2n) is 3.74. The summed E-state index contributed by atoms with van der Waals surface area (Å²) in [5, 5.41) is 0. The van der Waals surface area contributed by atoms with Crippen molar-refractivity contribution in [3.8, 4) is 0 Å². The van der Waals surface area contributed by atoms with Crippen molar-refractivity contribution in [2.24, 2.45) is 0 Å². The highest BCUT2D eigenvalue weighted by Gasteiger charge is 2.41. The van der Waals surface area contributed by atoms with E-state index in [1.165, 1.54) is 26.2 Å². The van der Waals surface area contributed by atoms with Crippen molar-refractivity contribution in [1.29, 1.82) is 0 Å². The minimum absolute atomic E-state index is 0.0546. The molecule has 3 saturated heterocycles. The summed E-state index contributed by atoms with van der Waals surface area (Å²) in [5.74, 6) is 0. The van der Waals surface area contributed by atoms with E-state index in [0.717, 1.165) is 26.3 Å². The first-order valence-corrected chi connectivity index (χ1v) is 6.27. The average molecular weight is 201 g/mol. The van der Waals surface area contributed by atoms with Crippen LogP contribution < -0.4 is 0 Å². The molecule has 74 valence electrons. The fourth-order valence-corrected chi connectivity index (χ4v) is 4.98. The highest BCUT2D eigenvalue weighted by Crippen LogP contribution is 2.54. The molecule has 0 saturated carbocycles. The maximum atomic E-state index is 5.54. The first-order valence-electron chi connectivity index (χ1n) is 5.07. The molecule has 4 nitrogen and oxygen atoms in total. The number of ether oxygens (including phenoxy) is 1. The second kappa shape index (κ2) is 3.44. The van der Waals surface area contributed by atoms with E-state index < -0.39 is 0 Å². The fourth-order valence-electron chi connectivity index (χ4n) is 2.31. The molecule has 3 rings (SSSR count). The summed E-state index contributed by atoms with van der Waals surface area (Å²) in [7, 11) is -0.0546. The van der Waals surface area contributed by atoms with E-state index in [4.69, 9.17) is 4.74 Å². The van der Waals surface area contributed by atoms with Gasteiger partial charge in [0, 0.05) is 39.3 Å². The molecular weight excluding hydrogens is 185 g/mol. The minimum atomic E-state index is -0.0546. The lowest BCUT2D eigenvalue weighted by molar-refractivity contribution is 0.106. The van der Waals surface area contributed by atoms with Crippen LogP contribution in [0.2, 0.25) is 0 Å². The first kappa shape index (κ1) is 8.57. The average Bonchev–Trinajstić information content (AvgIpc) is 2.60. The van der Waals surface area contributed by atoms with Crippen molar-refractivity contribution >= 4 is 8.37 Å². The Morgan fingerprint density at radius 1 is 0.692 bits per heavy atom. The third-order valence-corrected chi connectivity index (χ3v) is 5.70. The molecule has 0 atom stereocenters. The molecule has 0 amide bonds. The maximum Gasteiger partial charge on any atom is 0.120 e. The molecule has 0 N–H and O–H groups in total. The van der Waals surface area contributed by atoms with Gasteiger partial charge in [0.1, 0.15) is 8.37 Å². The summed E-state index contributed by atoms with van der Waals surface area (Å²) >= 11 is 0. The largest absolute Gasteiger partial charge is 0.379 e. The van der Waals surface area contributed by atoms with Gasteiger partial charge >= 0.3 is 0 Å². The van der Waals surface area contributed by atoms with Crippen molar-refractivity contribution in [2.75, 3.05) is 52.5 Å². The predicted molar refractivity (Wildman–Crippen MR) is 52.5 cm³/mol. The molecule has 3 aliphatic rings. The minimum Gasteiger partial charge on any atom is -0.379 e. The smallest absolute Gasteiger partial charge is 0.120 e. The van der Waals surface area contributed by atoms with Gasteiger partial charge in [0.25, 0.3) is 0 Å². The van der Waals surface area contributed by atoms with Gasteiger partial charge in [-0.3, -0.25) is 14.0 Å². The molecule has 5 heteroatoms. The van der Waals surface area contributed by atoms with Crippen molar-refractivity contribution in [3.05, 3.63) is 0 Å². The van der Waals surface area contributed by atoms with E-state index in [1.807, 2.05) is 0 Å². The summed E-state index contributed by atoms with van der Waals surface area (Å²) < 4.78 is 13.4. The SMILES string of the molecule is C1CN2CCN3CCN(CCO1)P23. The molecule has 0 unspecified atom stereocenters. The van der Waals surface area contributed by atoms with E-state index in [9.17, 15) is 0 Å². The van der Waals surface area contributed by atoms with E-state index in [0.29, 0.717) is 0 Å². The molecule has 0 aromatic rings. The summed E-state index contributed by atoms with van der Waals surface area (Å²) in [4.78, 5) is 0. The summed E-state index contributed by atoms with van der Waals surface area (Å²) in [6.45, 7) is 9.21. The Balaban J connectivity index is 1.79. The van der Waals surface area contributed by atoms with Gasteiger partial charge in [-0.15, -0.1) is 0 Å². The predicted octanol–water partition coefficient (Wildman–Crippen LogP) is 0.177. The van der Waals surface area contributed by atoms with E-state index in [1.54, 1.807) is 0 Å². The molecule has 0 aromatic carbocycles. The lowest BCUT2D eigenvalue weighted by atomic mass is 10.5. The van der Waals surface area contributed by atoms with Gasteiger partial charge in [-0.25, -0.2) is 0 Å². The summed E-state index contributed by atoms with van der Waals surface area (Å²) in [6.07, 6.45) is 0. The van der Waals surface area contributed by atoms with Crippen molar-refractivity contribution < 1.29 is 4.74 Å². The zero-order valence-corrected chi connectivity index (χ0v) is 8.75. The highest BCUT2D eigenvalue weighted by molar-refractivity contribution is 7.50. The number of hydrogen-bond acceptors (Lipinski definition) is 4. The Bertz CT molecular complexity index is 186. The molecule has 3 aliphatic heterocycles. The molecular formula is C8H16N3OP. The Labute approximate surface area is 80.3 Å². The third-order valence-electron chi connectivity index (χ3n) is 2.98. The molecule has 0 spiro atoms. The van der Waals surface area contributed by atoms with Crippen LogP contribution in [-0.2, 0) is 4.74 Å². The third kappa shape index (κ3) is 1.41. The monoisotopic (exact) mass is 201 g/mol. The Hall–Kier alpha value is 0.270. The standard InChI is InChI=1S/C8H16N3OP/c1-3-10-5-7-12-8-6-11-4-2-9(1)13(10)11/h1-8H2. The van der Waals surface area contributed by atoms with Crippen LogP contribution in [0.4, 0.5) is 0 Å². The number of hydrogen-bond donors (Lipinski definition) is 0. The number of nitrogens with zero attached hydrogens (tertiary/aromatic N) is 3. The van der Waals surface area contributed by atoms with Gasteiger partial charge in [-0.1, -0.05) is 0 Å². The van der Waals surface area contributed by atoms with Gasteiger partial charge in [0.2, 0.25) is 0 Å². The zero-order valence-electron chi connectivity index (χ0n) is 7.85. The molecule has 3 fully saturated rings. The lowest BCUT2D eigenvalue weighted by Crippen LogP contribution is -2.32. The van der Waals surface area contributed by atoms with Crippen LogP contribution in [0, 0.1) is 0 Å². The fraction of sp³-hybridized carbons (Fsp3) is 1.00. The molecule has 0 bridgehead atoms. The quantitative estimate of drug-likeness (QED) is 0.520. The van der Waals surface area contributed by atoms with Crippen LogP contribution in [0.3, 0.4) is 0 Å². The highest BCUT2D eigenvalue weighted by atomic mass is 31.2. The number of rotatable bonds is 0. The van der Waals surface area contributed by atoms with E-state index >= 15 is 0 Å². The van der Waals surface area contributed by atoms with Crippen LogP contribution in [0.15, 0.2) is 0 Å². The molecule has 3 heterocycles. The van der Waals surface area contributed by atoms with E-state index in [2.05, 4.69) is 14.0 Å². The van der Waals surface area contributed by atoms with Crippen molar-refractivity contribution in [1.82, 2.24) is 14.0 Å². The second-order valence-corrected chi connectivity index (χ2v) is 5.98. The van der Waals surface area contributed by atoms with Crippen LogP contribution >= 0.6 is 8.37 Å². The van der Waals surface area contributed by atoms with Crippen LogP contribution in [0.1, 0.15) is 0 Å². The summed E-state index contributed by atoms with van der Waals surface area (Å²) in [6, 6.07) is 0. The molecule has 13 heavy (non-hydrogen) atoms. The van der Waals surface area contributed by atoms with Gasteiger partial charge in [0.15, 0.2) is 0 Å². The van der Waals surface area contributed by atoms with Crippen LogP contribution in [0.5, 0.6) is 0 Å². The van der Waals surface area contributed by atoms with Crippen LogP contribution in [0.25, 0.3) is 0 Å². The Kier molecular flexibility index (Phi) is 2.27. The normalized spacial score (nSPS) is 33.2. The van der Waals surface area contributed by atoms with Gasteiger partial charge in [-0.2, -0.15) is 0 Å². The lowest BCUT2D eigenvalue weighted by Gasteiger charge is -2.32. The molecule has 0 radical (unpaired) electrons. The van der Waals surface area contributed by atoms with Crippen molar-refractivity contribution in [3.63, 3.8) is 0 Å². The zero-order chi connectivity index (χ0) is 8.67. The topological polar surface area (TPSA) is 19.0 Å². The van der Waals surface area contributed by atoms with Crippen LogP contribution in [-0.4, -0.2) is 66.5 Å². The van der Waals surface area contributed by atoms with Crippen molar-refractivity contribution in [2.45, 2.75) is 0 Å². The first-order chi connectivity index (χ1) is 6.45. The summed E-state index contributed by atoms with van der Waals surface area (Å²) in [5.41, 5.74) is 0.